The van der Waals surface area contributed by atoms with Crippen molar-refractivity contribution in [2.75, 3.05) is 26.1 Å². The van der Waals surface area contributed by atoms with Gasteiger partial charge in [0.15, 0.2) is 0 Å². The largest absolute Gasteiger partial charge is 0.496 e. The van der Waals surface area contributed by atoms with Gasteiger partial charge in [-0.2, -0.15) is 0 Å². The number of carbonyl (C=O) groups excluding carboxylic acids is 1. The predicted molar refractivity (Wildman–Crippen MR) is 92.8 cm³/mol. The van der Waals surface area contributed by atoms with E-state index in [4.69, 9.17) is 9.47 Å². The van der Waals surface area contributed by atoms with Crippen LogP contribution in [0.15, 0.2) is 35.2 Å². The fourth-order valence-electron chi connectivity index (χ4n) is 2.27. The Morgan fingerprint density at radius 2 is 1.73 bits per heavy atom. The zero-order chi connectivity index (χ0) is 19.5. The van der Waals surface area contributed by atoms with E-state index in [1.165, 1.54) is 52.5 Å². The second kappa shape index (κ2) is 7.61. The van der Waals surface area contributed by atoms with E-state index in [0.29, 0.717) is 0 Å². The molecule has 0 spiro atoms. The number of sulfonamides is 1. The molecule has 0 fully saturated rings. The number of methoxy groups -OCH3 is 3. The number of carbonyl (C=O) groups is 1. The zero-order valence-electron chi connectivity index (χ0n) is 14.6. The molecule has 1 N–H and O–H groups in total. The highest BCUT2D eigenvalue weighted by atomic mass is 32.2. The van der Waals surface area contributed by atoms with Gasteiger partial charge in [-0.1, -0.05) is 6.07 Å². The van der Waals surface area contributed by atoms with Gasteiger partial charge < -0.3 is 14.2 Å². The van der Waals surface area contributed by atoms with Crippen LogP contribution in [0.1, 0.15) is 15.9 Å². The van der Waals surface area contributed by atoms with Gasteiger partial charge in [0.05, 0.1) is 27.0 Å². The number of benzene rings is 2. The molecular formula is C17H18FNO6S. The first kappa shape index (κ1) is 19.5. The van der Waals surface area contributed by atoms with Crippen LogP contribution in [0.4, 0.5) is 10.1 Å². The minimum atomic E-state index is -4.15. The molecule has 0 amide bonds. The van der Waals surface area contributed by atoms with Gasteiger partial charge in [0.2, 0.25) is 0 Å². The van der Waals surface area contributed by atoms with Crippen molar-refractivity contribution >= 4 is 21.7 Å². The maximum Gasteiger partial charge on any atom is 0.341 e. The first-order valence-electron chi connectivity index (χ1n) is 7.37. The Labute approximate surface area is 150 Å². The molecule has 26 heavy (non-hydrogen) atoms. The quantitative estimate of drug-likeness (QED) is 0.772. The van der Waals surface area contributed by atoms with E-state index in [0.717, 1.165) is 6.07 Å². The smallest absolute Gasteiger partial charge is 0.341 e. The lowest BCUT2D eigenvalue weighted by atomic mass is 10.2. The van der Waals surface area contributed by atoms with Crippen molar-refractivity contribution in [3.8, 4) is 11.5 Å². The van der Waals surface area contributed by atoms with Gasteiger partial charge in [-0.3, -0.25) is 4.72 Å². The normalized spacial score (nSPS) is 11.0. The van der Waals surface area contributed by atoms with E-state index in [9.17, 15) is 17.6 Å². The van der Waals surface area contributed by atoms with Crippen LogP contribution in [0.25, 0.3) is 0 Å². The summed E-state index contributed by atoms with van der Waals surface area (Å²) in [6.07, 6.45) is 0. The number of hydrogen-bond donors (Lipinski definition) is 1. The number of halogens is 1. The van der Waals surface area contributed by atoms with E-state index >= 15 is 0 Å². The minimum Gasteiger partial charge on any atom is -0.496 e. The van der Waals surface area contributed by atoms with Crippen molar-refractivity contribution < 1.29 is 31.8 Å². The molecular weight excluding hydrogens is 365 g/mol. The number of esters is 1. The van der Waals surface area contributed by atoms with Crippen molar-refractivity contribution in [2.45, 2.75) is 11.8 Å². The van der Waals surface area contributed by atoms with Crippen LogP contribution in [0.2, 0.25) is 0 Å². The van der Waals surface area contributed by atoms with Gasteiger partial charge in [0, 0.05) is 11.6 Å². The van der Waals surface area contributed by atoms with Crippen LogP contribution in [0.3, 0.4) is 0 Å². The third kappa shape index (κ3) is 3.72. The molecule has 0 aliphatic heterocycles. The van der Waals surface area contributed by atoms with Crippen molar-refractivity contribution in [1.82, 2.24) is 0 Å². The summed E-state index contributed by atoms with van der Waals surface area (Å²) in [7, 11) is -0.417. The summed E-state index contributed by atoms with van der Waals surface area (Å²) in [4.78, 5) is 11.6. The van der Waals surface area contributed by atoms with Gasteiger partial charge in [-0.25, -0.2) is 17.6 Å². The second-order valence-electron chi connectivity index (χ2n) is 5.21. The number of hydrogen-bond acceptors (Lipinski definition) is 6. The molecule has 2 rings (SSSR count). The molecule has 9 heteroatoms. The predicted octanol–water partition coefficient (Wildman–Crippen LogP) is 2.74. The van der Waals surface area contributed by atoms with Crippen molar-refractivity contribution in [1.29, 1.82) is 0 Å². The van der Waals surface area contributed by atoms with E-state index < -0.39 is 21.8 Å². The average molecular weight is 383 g/mol. The molecule has 0 unspecified atom stereocenters. The average Bonchev–Trinajstić information content (AvgIpc) is 2.63. The summed E-state index contributed by atoms with van der Waals surface area (Å²) in [5, 5.41) is 0. The number of nitrogens with one attached hydrogen (secondary N) is 1. The molecule has 7 nitrogen and oxygen atoms in total. The van der Waals surface area contributed by atoms with Crippen LogP contribution in [-0.4, -0.2) is 35.7 Å². The van der Waals surface area contributed by atoms with Gasteiger partial charge in [-0.05, 0) is 25.1 Å². The summed E-state index contributed by atoms with van der Waals surface area (Å²) in [5.41, 5.74) is 0.240. The molecule has 2 aromatic carbocycles. The van der Waals surface area contributed by atoms with Crippen molar-refractivity contribution in [2.24, 2.45) is 0 Å². The van der Waals surface area contributed by atoms with Crippen LogP contribution >= 0.6 is 0 Å². The summed E-state index contributed by atoms with van der Waals surface area (Å²) in [6.45, 7) is 1.45. The topological polar surface area (TPSA) is 90.9 Å². The number of anilines is 1. The first-order valence-corrected chi connectivity index (χ1v) is 8.85. The molecule has 0 aromatic heterocycles. The Kier molecular flexibility index (Phi) is 5.71. The third-order valence-corrected chi connectivity index (χ3v) is 5.08. The molecule has 2 aromatic rings. The molecule has 0 saturated carbocycles. The Hall–Kier alpha value is -2.81. The molecule has 0 saturated heterocycles. The van der Waals surface area contributed by atoms with E-state index in [2.05, 4.69) is 9.46 Å². The monoisotopic (exact) mass is 383 g/mol. The highest BCUT2D eigenvalue weighted by Crippen LogP contribution is 2.34. The highest BCUT2D eigenvalue weighted by Gasteiger charge is 2.26. The Bertz CT molecular complexity index is 943. The highest BCUT2D eigenvalue weighted by molar-refractivity contribution is 7.92. The van der Waals surface area contributed by atoms with Gasteiger partial charge in [0.25, 0.3) is 10.0 Å². The lowest BCUT2D eigenvalue weighted by Gasteiger charge is -2.16. The van der Waals surface area contributed by atoms with Crippen molar-refractivity contribution in [3.05, 3.63) is 47.3 Å². The summed E-state index contributed by atoms with van der Waals surface area (Å²) in [6, 6.07) is 6.39. The van der Waals surface area contributed by atoms with Gasteiger partial charge in [-0.15, -0.1) is 0 Å². The van der Waals surface area contributed by atoms with Crippen LogP contribution in [0.5, 0.6) is 11.5 Å². The Morgan fingerprint density at radius 3 is 2.31 bits per heavy atom. The molecule has 0 bridgehead atoms. The van der Waals surface area contributed by atoms with Crippen LogP contribution in [-0.2, 0) is 14.8 Å². The van der Waals surface area contributed by atoms with Crippen LogP contribution < -0.4 is 14.2 Å². The molecule has 140 valence electrons. The van der Waals surface area contributed by atoms with E-state index in [1.54, 1.807) is 0 Å². The first-order chi connectivity index (χ1) is 12.2. The summed E-state index contributed by atoms with van der Waals surface area (Å²) >= 11 is 0. The molecule has 0 aliphatic carbocycles. The molecule has 0 radical (unpaired) electrons. The van der Waals surface area contributed by atoms with E-state index in [1.807, 2.05) is 0 Å². The fourth-order valence-corrected chi connectivity index (χ4v) is 3.56. The number of rotatable bonds is 6. The lowest BCUT2D eigenvalue weighted by Crippen LogP contribution is -2.16. The fraction of sp³-hybridized carbons (Fsp3) is 0.235. The zero-order valence-corrected chi connectivity index (χ0v) is 15.4. The maximum absolute atomic E-state index is 13.7. The number of ether oxygens (including phenoxy) is 3. The maximum atomic E-state index is 13.7. The second-order valence-corrected chi connectivity index (χ2v) is 6.86. The molecule has 0 heterocycles. The van der Waals surface area contributed by atoms with Crippen molar-refractivity contribution in [3.63, 3.8) is 0 Å². The van der Waals surface area contributed by atoms with Gasteiger partial charge in [0.1, 0.15) is 27.8 Å². The van der Waals surface area contributed by atoms with E-state index in [-0.39, 0.29) is 33.2 Å². The third-order valence-electron chi connectivity index (χ3n) is 3.69. The molecule has 0 aliphatic rings. The lowest BCUT2D eigenvalue weighted by molar-refractivity contribution is 0.0596. The summed E-state index contributed by atoms with van der Waals surface area (Å²) in [5.74, 6) is -1.35. The molecule has 0 atom stereocenters. The standard InChI is InChI=1S/C17H18FNO6S/c1-10-12(18)6-5-7-13(10)19-26(21,22)16-9-14(23-2)11(17(20)25-4)8-15(16)24-3/h5-9,19H,1-4H3. The minimum absolute atomic E-state index is 0.00557. The Balaban J connectivity index is 2.58. The van der Waals surface area contributed by atoms with Crippen LogP contribution in [0, 0.1) is 12.7 Å². The SMILES string of the molecule is COC(=O)c1cc(OC)c(S(=O)(=O)Nc2cccc(F)c2C)cc1OC. The summed E-state index contributed by atoms with van der Waals surface area (Å²) < 4.78 is 56.4. The Morgan fingerprint density at radius 1 is 1.08 bits per heavy atom. The van der Waals surface area contributed by atoms with Gasteiger partial charge >= 0.3 is 5.97 Å².